The number of halogens is 1. The molecule has 2 aromatic carbocycles. The molecule has 6 rings (SSSR count). The zero-order valence-electron chi connectivity index (χ0n) is 27.1. The molecule has 3 aliphatic rings. The lowest BCUT2D eigenvalue weighted by molar-refractivity contribution is -0.128. The first kappa shape index (κ1) is 33.5. The summed E-state index contributed by atoms with van der Waals surface area (Å²) in [6.45, 7) is 8.41. The minimum absolute atomic E-state index is 0.00838. The van der Waals surface area contributed by atoms with Gasteiger partial charge in [0.2, 0.25) is 5.91 Å². The van der Waals surface area contributed by atoms with Crippen molar-refractivity contribution < 1.29 is 27.1 Å². The Balaban J connectivity index is 1.17. The standard InChI is InChI=1S/C34H42FN5O5S2/c1-21(2)33-37-38-34(46-33)23-4-6-27(7-5-23)45-30-18-28(29(35)17-24(30)20-40-19-22(3)16-31(40)41)32(42)36-25-8-12-39(13-9-25)26-10-14-47(43,44)15-11-26/h4-7,17-18,21-22,25-26H,8-16,19-20H2,1-3H3,(H,36,42)/t22-/m0/s1. The van der Waals surface area contributed by atoms with Crippen molar-refractivity contribution in [3.63, 3.8) is 0 Å². The number of carbonyl (C=O) groups is 2. The van der Waals surface area contributed by atoms with Crippen molar-refractivity contribution in [3.8, 4) is 22.1 Å². The molecule has 2 amide bonds. The fraction of sp³-hybridized carbons (Fsp3) is 0.529. The second-order valence-electron chi connectivity index (χ2n) is 13.4. The van der Waals surface area contributed by atoms with Gasteiger partial charge in [-0.2, -0.15) is 0 Å². The molecule has 3 fully saturated rings. The quantitative estimate of drug-likeness (QED) is 0.318. The van der Waals surface area contributed by atoms with Gasteiger partial charge in [0.15, 0.2) is 0 Å². The number of nitrogens with zero attached hydrogens (tertiary/aromatic N) is 4. The average molecular weight is 684 g/mol. The van der Waals surface area contributed by atoms with Crippen molar-refractivity contribution >= 4 is 33.0 Å². The molecule has 0 bridgehead atoms. The van der Waals surface area contributed by atoms with Gasteiger partial charge in [0.25, 0.3) is 5.91 Å². The van der Waals surface area contributed by atoms with Gasteiger partial charge < -0.3 is 19.9 Å². The SMILES string of the molecule is CC(C)c1nnc(-c2ccc(Oc3cc(C(=O)NC4CCN(C5CCS(=O)(=O)CC5)CC4)c(F)cc3CN3C[C@@H](C)CC3=O)cc2)s1. The zero-order valence-corrected chi connectivity index (χ0v) is 28.7. The summed E-state index contributed by atoms with van der Waals surface area (Å²) in [4.78, 5) is 30.0. The monoisotopic (exact) mass is 683 g/mol. The van der Waals surface area contributed by atoms with Gasteiger partial charge in [0.1, 0.15) is 37.2 Å². The van der Waals surface area contributed by atoms with Gasteiger partial charge in [0, 0.05) is 61.7 Å². The molecule has 0 spiro atoms. The van der Waals surface area contributed by atoms with Crippen molar-refractivity contribution in [3.05, 3.63) is 58.3 Å². The fourth-order valence-corrected chi connectivity index (χ4v) is 8.92. The molecule has 0 saturated carbocycles. The molecule has 4 heterocycles. The number of amides is 2. The highest BCUT2D eigenvalue weighted by Crippen LogP contribution is 2.34. The van der Waals surface area contributed by atoms with Crippen molar-refractivity contribution in [2.75, 3.05) is 31.1 Å². The number of carbonyl (C=O) groups excluding carboxylic acids is 2. The van der Waals surface area contributed by atoms with Crippen LogP contribution in [0, 0.1) is 11.7 Å². The third-order valence-corrected chi connectivity index (χ3v) is 12.3. The van der Waals surface area contributed by atoms with E-state index in [-0.39, 0.29) is 53.4 Å². The summed E-state index contributed by atoms with van der Waals surface area (Å²) >= 11 is 1.54. The number of sulfone groups is 1. The maximum Gasteiger partial charge on any atom is 0.254 e. The molecular formula is C34H42FN5O5S2. The van der Waals surface area contributed by atoms with Crippen molar-refractivity contribution in [1.82, 2.24) is 25.3 Å². The minimum atomic E-state index is -2.92. The second kappa shape index (κ2) is 14.0. The van der Waals surface area contributed by atoms with Crippen LogP contribution >= 0.6 is 11.3 Å². The van der Waals surface area contributed by atoms with Crippen LogP contribution < -0.4 is 10.1 Å². The van der Waals surface area contributed by atoms with Crippen LogP contribution in [0.1, 0.15) is 79.7 Å². The molecule has 10 nitrogen and oxygen atoms in total. The Morgan fingerprint density at radius 1 is 1.09 bits per heavy atom. The molecule has 3 saturated heterocycles. The average Bonchev–Trinajstić information content (AvgIpc) is 3.65. The van der Waals surface area contributed by atoms with Crippen LogP contribution in [0.4, 0.5) is 4.39 Å². The van der Waals surface area contributed by atoms with Gasteiger partial charge in [-0.3, -0.25) is 9.59 Å². The van der Waals surface area contributed by atoms with Crippen molar-refractivity contribution in [1.29, 1.82) is 0 Å². The van der Waals surface area contributed by atoms with Gasteiger partial charge in [-0.1, -0.05) is 32.1 Å². The number of ether oxygens (including phenoxy) is 1. The fourth-order valence-electron chi connectivity index (χ4n) is 6.61. The first-order valence-corrected chi connectivity index (χ1v) is 19.0. The highest BCUT2D eigenvalue weighted by Gasteiger charge is 2.32. The minimum Gasteiger partial charge on any atom is -0.457 e. The molecule has 1 N–H and O–H groups in total. The predicted molar refractivity (Wildman–Crippen MR) is 179 cm³/mol. The number of nitrogens with one attached hydrogen (secondary N) is 1. The van der Waals surface area contributed by atoms with Crippen LogP contribution in [0.15, 0.2) is 36.4 Å². The topological polar surface area (TPSA) is 122 Å². The molecule has 13 heteroatoms. The Morgan fingerprint density at radius 2 is 1.79 bits per heavy atom. The number of benzene rings is 2. The van der Waals surface area contributed by atoms with Crippen LogP contribution in [0.5, 0.6) is 11.5 Å². The molecule has 1 aromatic heterocycles. The summed E-state index contributed by atoms with van der Waals surface area (Å²) in [5.41, 5.74) is 1.27. The summed E-state index contributed by atoms with van der Waals surface area (Å²) in [5.74, 6) is 0.601. The maximum atomic E-state index is 15.6. The van der Waals surface area contributed by atoms with Crippen LogP contribution in [-0.4, -0.2) is 83.5 Å². The number of piperidine rings is 1. The summed E-state index contributed by atoms with van der Waals surface area (Å²) < 4.78 is 45.6. The summed E-state index contributed by atoms with van der Waals surface area (Å²) in [7, 11) is -2.92. The van der Waals surface area contributed by atoms with E-state index in [1.54, 1.807) is 28.4 Å². The van der Waals surface area contributed by atoms with E-state index >= 15 is 4.39 Å². The molecular weight excluding hydrogens is 642 g/mol. The summed E-state index contributed by atoms with van der Waals surface area (Å²) in [6.07, 6.45) is 3.14. The van der Waals surface area contributed by atoms with E-state index in [1.165, 1.54) is 12.1 Å². The third kappa shape index (κ3) is 8.01. The molecule has 3 aliphatic heterocycles. The second-order valence-corrected chi connectivity index (χ2v) is 16.7. The lowest BCUT2D eigenvalue weighted by atomic mass is 10.00. The van der Waals surface area contributed by atoms with Crippen molar-refractivity contribution in [2.24, 2.45) is 5.92 Å². The molecule has 1 atom stereocenters. The lowest BCUT2D eigenvalue weighted by Gasteiger charge is -2.39. The lowest BCUT2D eigenvalue weighted by Crippen LogP contribution is -2.49. The smallest absolute Gasteiger partial charge is 0.254 e. The highest BCUT2D eigenvalue weighted by molar-refractivity contribution is 7.91. The van der Waals surface area contributed by atoms with Gasteiger partial charge in [0.05, 0.1) is 17.1 Å². The van der Waals surface area contributed by atoms with Crippen LogP contribution in [0.25, 0.3) is 10.6 Å². The highest BCUT2D eigenvalue weighted by atomic mass is 32.2. The Hall–Kier alpha value is -3.42. The van der Waals surface area contributed by atoms with Crippen LogP contribution in [0.3, 0.4) is 0 Å². The molecule has 0 radical (unpaired) electrons. The van der Waals surface area contributed by atoms with Gasteiger partial charge in [-0.25, -0.2) is 12.8 Å². The number of aromatic nitrogens is 2. The molecule has 252 valence electrons. The Labute approximate surface area is 279 Å². The Kier molecular flexibility index (Phi) is 9.95. The van der Waals surface area contributed by atoms with Gasteiger partial charge >= 0.3 is 0 Å². The largest absolute Gasteiger partial charge is 0.457 e. The van der Waals surface area contributed by atoms with E-state index in [2.05, 4.69) is 34.3 Å². The van der Waals surface area contributed by atoms with E-state index in [4.69, 9.17) is 4.74 Å². The normalized spacial score (nSPS) is 21.0. The van der Waals surface area contributed by atoms with E-state index in [0.29, 0.717) is 55.7 Å². The molecule has 47 heavy (non-hydrogen) atoms. The third-order valence-electron chi connectivity index (χ3n) is 9.33. The van der Waals surface area contributed by atoms with Crippen LogP contribution in [-0.2, 0) is 21.2 Å². The van der Waals surface area contributed by atoms with Crippen molar-refractivity contribution in [2.45, 2.75) is 77.4 Å². The van der Waals surface area contributed by atoms with E-state index in [1.807, 2.05) is 19.1 Å². The Bertz CT molecular complexity index is 1710. The predicted octanol–water partition coefficient (Wildman–Crippen LogP) is 5.40. The van der Waals surface area contributed by atoms with Gasteiger partial charge in [-0.15, -0.1) is 10.2 Å². The van der Waals surface area contributed by atoms with Gasteiger partial charge in [-0.05, 0) is 68.0 Å². The first-order chi connectivity index (χ1) is 22.4. The maximum absolute atomic E-state index is 15.6. The number of hydrogen-bond acceptors (Lipinski definition) is 9. The number of likely N-dealkylation sites (tertiary alicyclic amines) is 2. The van der Waals surface area contributed by atoms with E-state index in [9.17, 15) is 18.0 Å². The Morgan fingerprint density at radius 3 is 2.40 bits per heavy atom. The zero-order chi connectivity index (χ0) is 33.3. The number of hydrogen-bond donors (Lipinski definition) is 1. The first-order valence-electron chi connectivity index (χ1n) is 16.4. The molecule has 3 aromatic rings. The molecule has 0 aliphatic carbocycles. The van der Waals surface area contributed by atoms with E-state index < -0.39 is 21.6 Å². The number of rotatable bonds is 9. The summed E-state index contributed by atoms with van der Waals surface area (Å²) in [6, 6.07) is 10.3. The van der Waals surface area contributed by atoms with Crippen LogP contribution in [0.2, 0.25) is 0 Å². The molecule has 0 unspecified atom stereocenters. The van der Waals surface area contributed by atoms with E-state index in [0.717, 1.165) is 28.7 Å². The summed E-state index contributed by atoms with van der Waals surface area (Å²) in [5, 5.41) is 13.4.